The van der Waals surface area contributed by atoms with Crippen molar-refractivity contribution in [2.24, 2.45) is 17.8 Å². The van der Waals surface area contributed by atoms with Crippen LogP contribution in [0, 0.1) is 17.8 Å². The first-order valence-corrected chi connectivity index (χ1v) is 45.9. The van der Waals surface area contributed by atoms with Gasteiger partial charge in [0.2, 0.25) is 0 Å². The average Bonchev–Trinajstić information content (AvgIpc) is 0.939. The summed E-state index contributed by atoms with van der Waals surface area (Å²) in [5, 5.41) is 10.7. The van der Waals surface area contributed by atoms with Crippen molar-refractivity contribution in [1.82, 2.24) is 0 Å². The molecule has 0 radical (unpaired) electrons. The maximum absolute atomic E-state index is 13.1. The standard InChI is InChI=1S/C83H162O17P2/c1-8-11-12-13-14-15-16-17-18-19-20-21-22-23-24-29-32-35-45-52-59-66-82(87)99-78(70-93-80(85)64-57-50-43-34-31-28-26-25-27-30-33-40-47-54-61-74(4)5)72-97-101(89,90)95-68-77(84)69-96-102(91,92)98-73-79(100-83(88)67-60-53-46-39-37-42-49-56-63-76(7)10-3)71-94-81(86)65-58-51-44-38-36-41-48-55-62-75(6)9-2/h74-79,84H,8-73H2,1-7H3,(H,89,90)(H,91,92)/t75?,76?,77-,78-,79-/m1/s1. The summed E-state index contributed by atoms with van der Waals surface area (Å²) < 4.78 is 68.8. The summed E-state index contributed by atoms with van der Waals surface area (Å²) in [6.07, 6.45) is 62.4. The molecule has 0 aromatic rings. The Labute approximate surface area is 626 Å². The van der Waals surface area contributed by atoms with E-state index >= 15 is 0 Å². The first-order chi connectivity index (χ1) is 49.3. The summed E-state index contributed by atoms with van der Waals surface area (Å²) in [5.74, 6) is 0.235. The lowest BCUT2D eigenvalue weighted by Crippen LogP contribution is -2.30. The van der Waals surface area contributed by atoms with Crippen LogP contribution in [0.4, 0.5) is 0 Å². The van der Waals surface area contributed by atoms with E-state index in [2.05, 4.69) is 48.5 Å². The fourth-order valence-corrected chi connectivity index (χ4v) is 14.4. The second kappa shape index (κ2) is 73.2. The SMILES string of the molecule is CCCCCCCCCCCCCCCCCCCCCCCC(=O)O[C@H](COC(=O)CCCCCCCCCCCCCCCCC(C)C)COP(=O)(O)OC[C@@H](O)COP(=O)(O)OC[C@@H](COC(=O)CCCCCCCCCCC(C)CC)OC(=O)CCCCCCCCCCC(C)CC. The van der Waals surface area contributed by atoms with Crippen LogP contribution in [0.25, 0.3) is 0 Å². The van der Waals surface area contributed by atoms with E-state index in [0.717, 1.165) is 108 Å². The van der Waals surface area contributed by atoms with Crippen molar-refractivity contribution in [3.8, 4) is 0 Å². The van der Waals surface area contributed by atoms with Crippen LogP contribution in [-0.2, 0) is 65.4 Å². The Morgan fingerprint density at radius 2 is 0.500 bits per heavy atom. The molecule has 0 bridgehead atoms. The van der Waals surface area contributed by atoms with E-state index in [0.29, 0.717) is 25.7 Å². The van der Waals surface area contributed by atoms with Gasteiger partial charge < -0.3 is 33.8 Å². The molecule has 17 nitrogen and oxygen atoms in total. The fourth-order valence-electron chi connectivity index (χ4n) is 12.8. The van der Waals surface area contributed by atoms with Crippen molar-refractivity contribution in [3.05, 3.63) is 0 Å². The van der Waals surface area contributed by atoms with Crippen LogP contribution >= 0.6 is 15.6 Å². The summed E-state index contributed by atoms with van der Waals surface area (Å²) in [4.78, 5) is 73.1. The molecule has 0 aliphatic heterocycles. The normalized spacial score (nSPS) is 14.5. The first kappa shape index (κ1) is 100. The fraction of sp³-hybridized carbons (Fsp3) is 0.952. The molecule has 19 heteroatoms. The van der Waals surface area contributed by atoms with Crippen molar-refractivity contribution in [2.75, 3.05) is 39.6 Å². The van der Waals surface area contributed by atoms with E-state index in [4.69, 9.17) is 37.0 Å². The highest BCUT2D eigenvalue weighted by Crippen LogP contribution is 2.45. The minimum atomic E-state index is -4.96. The highest BCUT2D eigenvalue weighted by atomic mass is 31.2. The number of hydrogen-bond donors (Lipinski definition) is 3. The van der Waals surface area contributed by atoms with Crippen LogP contribution in [0.3, 0.4) is 0 Å². The van der Waals surface area contributed by atoms with E-state index < -0.39 is 97.5 Å². The molecule has 0 heterocycles. The lowest BCUT2D eigenvalue weighted by atomic mass is 9.99. The number of unbranched alkanes of at least 4 members (excludes halogenated alkanes) is 47. The Balaban J connectivity index is 5.24. The molecule has 4 unspecified atom stereocenters. The van der Waals surface area contributed by atoms with Crippen molar-refractivity contribution < 1.29 is 80.2 Å². The van der Waals surface area contributed by atoms with Gasteiger partial charge in [0.1, 0.15) is 19.3 Å². The van der Waals surface area contributed by atoms with Gasteiger partial charge in [-0.2, -0.15) is 0 Å². The highest BCUT2D eigenvalue weighted by molar-refractivity contribution is 7.47. The number of hydrogen-bond acceptors (Lipinski definition) is 15. The number of aliphatic hydroxyl groups excluding tert-OH is 1. The number of ether oxygens (including phenoxy) is 4. The van der Waals surface area contributed by atoms with Gasteiger partial charge in [-0.25, -0.2) is 9.13 Å². The van der Waals surface area contributed by atoms with Gasteiger partial charge in [-0.15, -0.1) is 0 Å². The smallest absolute Gasteiger partial charge is 0.462 e. The number of aliphatic hydroxyl groups is 1. The van der Waals surface area contributed by atoms with Crippen LogP contribution in [0.15, 0.2) is 0 Å². The van der Waals surface area contributed by atoms with Gasteiger partial charge in [-0.3, -0.25) is 37.3 Å². The molecular formula is C83H162O17P2. The molecule has 7 atom stereocenters. The minimum absolute atomic E-state index is 0.105. The lowest BCUT2D eigenvalue weighted by Gasteiger charge is -2.21. The summed E-state index contributed by atoms with van der Waals surface area (Å²) in [6.45, 7) is 12.0. The Kier molecular flexibility index (Phi) is 71.8. The van der Waals surface area contributed by atoms with Crippen LogP contribution in [0.5, 0.6) is 0 Å². The Morgan fingerprint density at radius 1 is 0.284 bits per heavy atom. The van der Waals surface area contributed by atoms with E-state index in [1.165, 1.54) is 244 Å². The van der Waals surface area contributed by atoms with Gasteiger partial charge in [0, 0.05) is 25.7 Å². The zero-order chi connectivity index (χ0) is 75.1. The maximum Gasteiger partial charge on any atom is 0.472 e. The summed E-state index contributed by atoms with van der Waals surface area (Å²) in [7, 11) is -9.92. The lowest BCUT2D eigenvalue weighted by molar-refractivity contribution is -0.161. The van der Waals surface area contributed by atoms with Crippen molar-refractivity contribution in [1.29, 1.82) is 0 Å². The van der Waals surface area contributed by atoms with Crippen LogP contribution in [-0.4, -0.2) is 96.7 Å². The first-order valence-electron chi connectivity index (χ1n) is 42.9. The number of carbonyl (C=O) groups excluding carboxylic acids is 4. The molecule has 0 spiro atoms. The van der Waals surface area contributed by atoms with Crippen molar-refractivity contribution >= 4 is 39.5 Å². The number of esters is 4. The molecule has 3 N–H and O–H groups in total. The predicted molar refractivity (Wildman–Crippen MR) is 418 cm³/mol. The summed E-state index contributed by atoms with van der Waals surface area (Å²) in [5.41, 5.74) is 0. The van der Waals surface area contributed by atoms with Gasteiger partial charge in [0.25, 0.3) is 0 Å². The van der Waals surface area contributed by atoms with Gasteiger partial charge in [-0.05, 0) is 43.4 Å². The van der Waals surface area contributed by atoms with E-state index in [-0.39, 0.29) is 25.7 Å². The van der Waals surface area contributed by atoms with Gasteiger partial charge >= 0.3 is 39.5 Å². The molecular weight excluding hydrogens is 1330 g/mol. The molecule has 102 heavy (non-hydrogen) atoms. The quantitative estimate of drug-likeness (QED) is 0.0222. The predicted octanol–water partition coefficient (Wildman–Crippen LogP) is 24.9. The molecule has 0 rings (SSSR count). The van der Waals surface area contributed by atoms with Crippen LogP contribution < -0.4 is 0 Å². The third-order valence-electron chi connectivity index (χ3n) is 20.1. The molecule has 0 aromatic carbocycles. The zero-order valence-corrected chi connectivity index (χ0v) is 68.9. The number of phosphoric ester groups is 2. The van der Waals surface area contributed by atoms with E-state index in [1.54, 1.807) is 0 Å². The van der Waals surface area contributed by atoms with Gasteiger partial charge in [0.15, 0.2) is 12.2 Å². The Bertz CT molecular complexity index is 1980. The van der Waals surface area contributed by atoms with Crippen molar-refractivity contribution in [2.45, 2.75) is 452 Å². The zero-order valence-electron chi connectivity index (χ0n) is 67.1. The maximum atomic E-state index is 13.1. The molecule has 606 valence electrons. The molecule has 0 saturated carbocycles. The van der Waals surface area contributed by atoms with Crippen LogP contribution in [0.2, 0.25) is 0 Å². The largest absolute Gasteiger partial charge is 0.472 e. The van der Waals surface area contributed by atoms with Gasteiger partial charge in [-0.1, -0.05) is 382 Å². The highest BCUT2D eigenvalue weighted by Gasteiger charge is 2.30. The Morgan fingerprint density at radius 3 is 0.745 bits per heavy atom. The van der Waals surface area contributed by atoms with Crippen molar-refractivity contribution in [3.63, 3.8) is 0 Å². The molecule has 0 amide bonds. The molecule has 0 aliphatic carbocycles. The second-order valence-corrected chi connectivity index (χ2v) is 33.7. The summed E-state index contributed by atoms with van der Waals surface area (Å²) in [6, 6.07) is 0. The summed E-state index contributed by atoms with van der Waals surface area (Å²) >= 11 is 0. The Hall–Kier alpha value is -1.94. The number of carbonyl (C=O) groups is 4. The third-order valence-corrected chi connectivity index (χ3v) is 22.0. The number of phosphoric acid groups is 2. The van der Waals surface area contributed by atoms with Gasteiger partial charge in [0.05, 0.1) is 26.4 Å². The molecule has 0 aliphatic rings. The second-order valence-electron chi connectivity index (χ2n) is 30.8. The average molecular weight is 1490 g/mol. The topological polar surface area (TPSA) is 237 Å². The van der Waals surface area contributed by atoms with E-state index in [9.17, 15) is 43.2 Å². The number of rotatable bonds is 81. The molecule has 0 fully saturated rings. The third kappa shape index (κ3) is 73.6. The van der Waals surface area contributed by atoms with E-state index in [1.807, 2.05) is 0 Å². The monoisotopic (exact) mass is 1490 g/mol. The molecule has 0 aromatic heterocycles. The van der Waals surface area contributed by atoms with Crippen LogP contribution in [0.1, 0.15) is 434 Å². The molecule has 0 saturated heterocycles. The minimum Gasteiger partial charge on any atom is -0.462 e.